The minimum absolute atomic E-state index is 0.183. The molecular weight excluding hydrogens is 288 g/mol. The van der Waals surface area contributed by atoms with E-state index in [4.69, 9.17) is 11.6 Å². The molecule has 2 heterocycles. The third kappa shape index (κ3) is 3.38. The highest BCUT2D eigenvalue weighted by Crippen LogP contribution is 2.32. The second-order valence-corrected chi connectivity index (χ2v) is 6.28. The zero-order valence-electron chi connectivity index (χ0n) is 11.0. The van der Waals surface area contributed by atoms with E-state index in [2.05, 4.69) is 14.6 Å². The molecule has 1 fully saturated rings. The second-order valence-electron chi connectivity index (χ2n) is 4.95. The molecule has 7 heteroatoms. The Labute approximate surface area is 121 Å². The lowest BCUT2D eigenvalue weighted by atomic mass is 9.98. The lowest BCUT2D eigenvalue weighted by Crippen LogP contribution is -2.28. The van der Waals surface area contributed by atoms with Gasteiger partial charge in [-0.3, -0.25) is 0 Å². The molecule has 5 nitrogen and oxygen atoms in total. The van der Waals surface area contributed by atoms with E-state index in [0.717, 1.165) is 19.4 Å². The first-order valence-electron chi connectivity index (χ1n) is 6.15. The molecular formula is C12H17ClN2O3S. The molecule has 0 saturated carbocycles. The van der Waals surface area contributed by atoms with Crippen LogP contribution in [0.25, 0.3) is 0 Å². The average molecular weight is 305 g/mol. The van der Waals surface area contributed by atoms with Crippen molar-refractivity contribution in [3.63, 3.8) is 0 Å². The largest absolute Gasteiger partial charge is 0.465 e. The van der Waals surface area contributed by atoms with Gasteiger partial charge >= 0.3 is 5.97 Å². The standard InChI is InChI=1S/C12H17ClN2O3S/c1-12(17)4-3-6-15(7-5-12)11-14-9(13)8(19-11)10(16)18-2/h17H,3-7H2,1-2H3. The number of rotatable bonds is 2. The summed E-state index contributed by atoms with van der Waals surface area (Å²) in [5, 5.41) is 11.0. The third-order valence-electron chi connectivity index (χ3n) is 3.28. The highest BCUT2D eigenvalue weighted by molar-refractivity contribution is 7.18. The van der Waals surface area contributed by atoms with Gasteiger partial charge in [-0.2, -0.15) is 0 Å². The van der Waals surface area contributed by atoms with Crippen LogP contribution in [0.2, 0.25) is 5.15 Å². The van der Waals surface area contributed by atoms with E-state index in [-0.39, 0.29) is 5.15 Å². The van der Waals surface area contributed by atoms with Gasteiger partial charge in [0.2, 0.25) is 0 Å². The SMILES string of the molecule is COC(=O)c1sc(N2CCCC(C)(O)CC2)nc1Cl. The summed E-state index contributed by atoms with van der Waals surface area (Å²) >= 11 is 7.19. The fraction of sp³-hybridized carbons (Fsp3) is 0.667. The molecule has 0 amide bonds. The van der Waals surface area contributed by atoms with Crippen molar-refractivity contribution in [1.82, 2.24) is 4.98 Å². The molecule has 0 aliphatic carbocycles. The molecule has 1 N–H and O–H groups in total. The summed E-state index contributed by atoms with van der Waals surface area (Å²) in [6, 6.07) is 0. The molecule has 1 saturated heterocycles. The lowest BCUT2D eigenvalue weighted by molar-refractivity contribution is 0.0481. The van der Waals surface area contributed by atoms with E-state index in [1.807, 2.05) is 6.92 Å². The average Bonchev–Trinajstić information content (AvgIpc) is 2.64. The molecule has 1 aromatic heterocycles. The van der Waals surface area contributed by atoms with Crippen LogP contribution in [0.5, 0.6) is 0 Å². The number of thiazole rings is 1. The Morgan fingerprint density at radius 1 is 1.53 bits per heavy atom. The first-order valence-corrected chi connectivity index (χ1v) is 7.34. The van der Waals surface area contributed by atoms with Crippen molar-refractivity contribution < 1.29 is 14.6 Å². The number of ether oxygens (including phenoxy) is 1. The van der Waals surface area contributed by atoms with Gasteiger partial charge in [0, 0.05) is 13.1 Å². The monoisotopic (exact) mass is 304 g/mol. The van der Waals surface area contributed by atoms with Crippen molar-refractivity contribution in [3.8, 4) is 0 Å². The maximum atomic E-state index is 11.5. The number of halogens is 1. The number of aromatic nitrogens is 1. The Morgan fingerprint density at radius 2 is 2.26 bits per heavy atom. The summed E-state index contributed by atoms with van der Waals surface area (Å²) in [6.07, 6.45) is 2.34. The zero-order valence-corrected chi connectivity index (χ0v) is 12.6. The van der Waals surface area contributed by atoms with Crippen molar-refractivity contribution in [1.29, 1.82) is 0 Å². The first kappa shape index (κ1) is 14.6. The number of carbonyl (C=O) groups excluding carboxylic acids is 1. The smallest absolute Gasteiger partial charge is 0.351 e. The minimum Gasteiger partial charge on any atom is -0.465 e. The molecule has 0 spiro atoms. The van der Waals surface area contributed by atoms with Gasteiger partial charge in [-0.25, -0.2) is 9.78 Å². The van der Waals surface area contributed by atoms with Crippen LogP contribution in [0, 0.1) is 0 Å². The van der Waals surface area contributed by atoms with Gasteiger partial charge in [-0.15, -0.1) is 0 Å². The van der Waals surface area contributed by atoms with E-state index >= 15 is 0 Å². The van der Waals surface area contributed by atoms with E-state index in [0.29, 0.717) is 23.0 Å². The summed E-state index contributed by atoms with van der Waals surface area (Å²) in [5.41, 5.74) is -0.624. The number of aliphatic hydroxyl groups is 1. The van der Waals surface area contributed by atoms with Crippen molar-refractivity contribution in [3.05, 3.63) is 10.0 Å². The minimum atomic E-state index is -0.624. The number of esters is 1. The van der Waals surface area contributed by atoms with Crippen LogP contribution in [0.4, 0.5) is 5.13 Å². The maximum Gasteiger partial charge on any atom is 0.351 e. The first-order chi connectivity index (χ1) is 8.93. The molecule has 1 aliphatic rings. The van der Waals surface area contributed by atoms with Gasteiger partial charge in [0.15, 0.2) is 15.2 Å². The Morgan fingerprint density at radius 3 is 2.95 bits per heavy atom. The van der Waals surface area contributed by atoms with E-state index in [1.165, 1.54) is 18.4 Å². The highest BCUT2D eigenvalue weighted by atomic mass is 35.5. The van der Waals surface area contributed by atoms with E-state index < -0.39 is 11.6 Å². The number of methoxy groups -OCH3 is 1. The van der Waals surface area contributed by atoms with Crippen molar-refractivity contribution >= 4 is 34.0 Å². The molecule has 106 valence electrons. The fourth-order valence-corrected chi connectivity index (χ4v) is 3.35. The summed E-state index contributed by atoms with van der Waals surface area (Å²) in [6.45, 7) is 3.36. The summed E-state index contributed by atoms with van der Waals surface area (Å²) in [7, 11) is 1.32. The molecule has 19 heavy (non-hydrogen) atoms. The quantitative estimate of drug-likeness (QED) is 0.850. The lowest BCUT2D eigenvalue weighted by Gasteiger charge is -2.21. The summed E-state index contributed by atoms with van der Waals surface area (Å²) in [5.74, 6) is -0.462. The fourth-order valence-electron chi connectivity index (χ4n) is 2.10. The van der Waals surface area contributed by atoms with E-state index in [9.17, 15) is 9.90 Å². The number of hydrogen-bond acceptors (Lipinski definition) is 6. The Hall–Kier alpha value is -0.850. The molecule has 1 atom stereocenters. The molecule has 0 aromatic carbocycles. The number of carbonyl (C=O) groups is 1. The topological polar surface area (TPSA) is 62.7 Å². The van der Waals surface area contributed by atoms with Crippen LogP contribution in [-0.2, 0) is 4.74 Å². The van der Waals surface area contributed by atoms with Gasteiger partial charge < -0.3 is 14.7 Å². The summed E-state index contributed by atoms with van der Waals surface area (Å²) in [4.78, 5) is 18.1. The predicted octanol–water partition coefficient (Wildman–Crippen LogP) is 2.32. The summed E-state index contributed by atoms with van der Waals surface area (Å²) < 4.78 is 4.66. The third-order valence-corrected chi connectivity index (χ3v) is 4.76. The van der Waals surface area contributed by atoms with Crippen LogP contribution >= 0.6 is 22.9 Å². The second kappa shape index (κ2) is 5.64. The maximum absolute atomic E-state index is 11.5. The number of anilines is 1. The Kier molecular flexibility index (Phi) is 4.32. The van der Waals surface area contributed by atoms with Crippen molar-refractivity contribution in [2.45, 2.75) is 31.8 Å². The van der Waals surface area contributed by atoms with Crippen LogP contribution < -0.4 is 4.90 Å². The van der Waals surface area contributed by atoms with Gasteiger partial charge in [0.25, 0.3) is 0 Å². The van der Waals surface area contributed by atoms with Crippen LogP contribution in [-0.4, -0.2) is 41.9 Å². The van der Waals surface area contributed by atoms with Gasteiger partial charge in [-0.1, -0.05) is 22.9 Å². The van der Waals surface area contributed by atoms with Crippen molar-refractivity contribution in [2.75, 3.05) is 25.1 Å². The predicted molar refractivity (Wildman–Crippen MR) is 75.2 cm³/mol. The molecule has 0 bridgehead atoms. The van der Waals surface area contributed by atoms with Gasteiger partial charge in [0.05, 0.1) is 12.7 Å². The van der Waals surface area contributed by atoms with Crippen LogP contribution in [0.1, 0.15) is 35.9 Å². The molecule has 1 aliphatic heterocycles. The van der Waals surface area contributed by atoms with Crippen molar-refractivity contribution in [2.24, 2.45) is 0 Å². The molecule has 2 rings (SSSR count). The van der Waals surface area contributed by atoms with Gasteiger partial charge in [0.1, 0.15) is 0 Å². The van der Waals surface area contributed by atoms with Crippen LogP contribution in [0.3, 0.4) is 0 Å². The normalized spacial score (nSPS) is 24.1. The highest BCUT2D eigenvalue weighted by Gasteiger charge is 2.27. The van der Waals surface area contributed by atoms with E-state index in [1.54, 1.807) is 0 Å². The number of hydrogen-bond donors (Lipinski definition) is 1. The zero-order chi connectivity index (χ0) is 14.0. The molecule has 0 radical (unpaired) electrons. The molecule has 1 unspecified atom stereocenters. The Bertz CT molecular complexity index is 476. The van der Waals surface area contributed by atoms with Gasteiger partial charge in [-0.05, 0) is 26.2 Å². The van der Waals surface area contributed by atoms with Crippen LogP contribution in [0.15, 0.2) is 0 Å². The molecule has 1 aromatic rings. The Balaban J connectivity index is 2.16. The number of nitrogens with zero attached hydrogens (tertiary/aromatic N) is 2.